The predicted octanol–water partition coefficient (Wildman–Crippen LogP) is 1.66. The molecule has 1 aliphatic heterocycles. The van der Waals surface area contributed by atoms with E-state index in [1.807, 2.05) is 24.1 Å². The van der Waals surface area contributed by atoms with Gasteiger partial charge in [0.2, 0.25) is 0 Å². The molecule has 0 unspecified atom stereocenters. The quantitative estimate of drug-likeness (QED) is 0.893. The topological polar surface area (TPSA) is 74.0 Å². The molecule has 106 valence electrons. The molecule has 1 aliphatic rings. The molecule has 0 bridgehead atoms. The van der Waals surface area contributed by atoms with Crippen LogP contribution < -0.4 is 0 Å². The summed E-state index contributed by atoms with van der Waals surface area (Å²) in [5.41, 5.74) is 2.44. The molecular formula is C14H18N4O2. The van der Waals surface area contributed by atoms with Gasteiger partial charge in [0.15, 0.2) is 0 Å². The van der Waals surface area contributed by atoms with E-state index in [4.69, 9.17) is 4.74 Å². The Labute approximate surface area is 117 Å². The maximum Gasteiger partial charge on any atom is 0.270 e. The van der Waals surface area contributed by atoms with E-state index < -0.39 is 0 Å². The minimum Gasteiger partial charge on any atom is -0.381 e. The largest absolute Gasteiger partial charge is 0.381 e. The van der Waals surface area contributed by atoms with E-state index in [1.165, 1.54) is 0 Å². The summed E-state index contributed by atoms with van der Waals surface area (Å²) in [6, 6.07) is 3.98. The lowest BCUT2D eigenvalue weighted by molar-refractivity contribution is 0.0359. The molecule has 0 aliphatic carbocycles. The summed E-state index contributed by atoms with van der Waals surface area (Å²) in [7, 11) is 1.86. The van der Waals surface area contributed by atoms with E-state index in [0.29, 0.717) is 5.69 Å². The van der Waals surface area contributed by atoms with Crippen molar-refractivity contribution in [2.24, 2.45) is 0 Å². The van der Waals surface area contributed by atoms with Crippen LogP contribution in [0.15, 0.2) is 24.5 Å². The van der Waals surface area contributed by atoms with E-state index in [0.717, 1.165) is 37.3 Å². The molecule has 0 atom stereocenters. The fourth-order valence-corrected chi connectivity index (χ4v) is 2.51. The molecule has 0 saturated carbocycles. The Balaban J connectivity index is 1.73. The lowest BCUT2D eigenvalue weighted by Gasteiger charge is -2.30. The van der Waals surface area contributed by atoms with E-state index in [2.05, 4.69) is 15.2 Å². The number of aromatic amines is 2. The van der Waals surface area contributed by atoms with E-state index in [-0.39, 0.29) is 11.9 Å². The molecule has 2 aromatic rings. The van der Waals surface area contributed by atoms with Crippen molar-refractivity contribution < 1.29 is 9.53 Å². The summed E-state index contributed by atoms with van der Waals surface area (Å²) in [5, 5.41) is 6.67. The lowest BCUT2D eigenvalue weighted by atomic mass is 10.1. The number of nitrogens with zero attached hydrogens (tertiary/aromatic N) is 2. The number of rotatable bonds is 3. The van der Waals surface area contributed by atoms with Gasteiger partial charge in [0, 0.05) is 43.8 Å². The highest BCUT2D eigenvalue weighted by Gasteiger charge is 2.24. The molecule has 0 aromatic carbocycles. The molecule has 0 spiro atoms. The zero-order valence-electron chi connectivity index (χ0n) is 11.4. The van der Waals surface area contributed by atoms with Crippen molar-refractivity contribution in [3.8, 4) is 11.3 Å². The van der Waals surface area contributed by atoms with Crippen molar-refractivity contribution in [3.63, 3.8) is 0 Å². The van der Waals surface area contributed by atoms with Gasteiger partial charge in [0.1, 0.15) is 5.69 Å². The maximum atomic E-state index is 12.5. The highest BCUT2D eigenvalue weighted by molar-refractivity contribution is 5.93. The van der Waals surface area contributed by atoms with Gasteiger partial charge in [0.05, 0.1) is 6.20 Å². The highest BCUT2D eigenvalue weighted by Crippen LogP contribution is 2.19. The number of ether oxygens (including phenoxy) is 1. The van der Waals surface area contributed by atoms with Crippen molar-refractivity contribution in [2.75, 3.05) is 20.3 Å². The zero-order chi connectivity index (χ0) is 13.9. The van der Waals surface area contributed by atoms with Crippen LogP contribution in [0, 0.1) is 0 Å². The minimum absolute atomic E-state index is 0.0200. The number of aromatic nitrogens is 3. The lowest BCUT2D eigenvalue weighted by Crippen LogP contribution is -2.40. The highest BCUT2D eigenvalue weighted by atomic mass is 16.5. The molecule has 1 saturated heterocycles. The Bertz CT molecular complexity index is 570. The van der Waals surface area contributed by atoms with Crippen LogP contribution in [0.25, 0.3) is 11.3 Å². The van der Waals surface area contributed by atoms with Crippen LogP contribution in [0.2, 0.25) is 0 Å². The van der Waals surface area contributed by atoms with E-state index in [9.17, 15) is 4.79 Å². The van der Waals surface area contributed by atoms with Crippen LogP contribution in [-0.2, 0) is 4.74 Å². The average Bonchev–Trinajstić information content (AvgIpc) is 3.17. The molecule has 3 rings (SSSR count). The SMILES string of the molecule is CN(C(=O)c1ccc(-c2cn[nH]c2)[nH]1)C1CCOCC1. The third-order valence-electron chi connectivity index (χ3n) is 3.78. The number of carbonyl (C=O) groups excluding carboxylic acids is 1. The van der Waals surface area contributed by atoms with Crippen molar-refractivity contribution in [1.29, 1.82) is 0 Å². The van der Waals surface area contributed by atoms with Crippen molar-refractivity contribution >= 4 is 5.91 Å². The number of H-pyrrole nitrogens is 2. The molecule has 6 nitrogen and oxygen atoms in total. The maximum absolute atomic E-state index is 12.5. The second-order valence-electron chi connectivity index (χ2n) is 5.03. The summed E-state index contributed by atoms with van der Waals surface area (Å²) >= 11 is 0. The van der Waals surface area contributed by atoms with E-state index in [1.54, 1.807) is 12.4 Å². The molecule has 0 radical (unpaired) electrons. The first-order chi connectivity index (χ1) is 9.75. The number of amides is 1. The fourth-order valence-electron chi connectivity index (χ4n) is 2.51. The third-order valence-corrected chi connectivity index (χ3v) is 3.78. The van der Waals surface area contributed by atoms with Crippen molar-refractivity contribution in [1.82, 2.24) is 20.1 Å². The molecule has 2 N–H and O–H groups in total. The Morgan fingerprint density at radius 1 is 1.40 bits per heavy atom. The van der Waals surface area contributed by atoms with Crippen molar-refractivity contribution in [2.45, 2.75) is 18.9 Å². The Hall–Kier alpha value is -2.08. The minimum atomic E-state index is 0.0200. The number of nitrogens with one attached hydrogen (secondary N) is 2. The summed E-state index contributed by atoms with van der Waals surface area (Å²) in [4.78, 5) is 17.4. The van der Waals surface area contributed by atoms with E-state index >= 15 is 0 Å². The smallest absolute Gasteiger partial charge is 0.270 e. The van der Waals surface area contributed by atoms with Gasteiger partial charge in [-0.3, -0.25) is 9.89 Å². The molecular weight excluding hydrogens is 256 g/mol. The third kappa shape index (κ3) is 2.46. The van der Waals surface area contributed by atoms with Gasteiger partial charge in [-0.05, 0) is 25.0 Å². The van der Waals surface area contributed by atoms with Gasteiger partial charge >= 0.3 is 0 Å². The van der Waals surface area contributed by atoms with Crippen LogP contribution in [0.5, 0.6) is 0 Å². The van der Waals surface area contributed by atoms with Gasteiger partial charge in [0.25, 0.3) is 5.91 Å². The molecule has 1 fully saturated rings. The van der Waals surface area contributed by atoms with Gasteiger partial charge in [-0.25, -0.2) is 0 Å². The fraction of sp³-hybridized carbons (Fsp3) is 0.429. The first-order valence-corrected chi connectivity index (χ1v) is 6.79. The Morgan fingerprint density at radius 2 is 2.20 bits per heavy atom. The Morgan fingerprint density at radius 3 is 2.90 bits per heavy atom. The molecule has 6 heteroatoms. The zero-order valence-corrected chi connectivity index (χ0v) is 11.4. The summed E-state index contributed by atoms with van der Waals surface area (Å²) in [6.45, 7) is 1.46. The van der Waals surface area contributed by atoms with Crippen molar-refractivity contribution in [3.05, 3.63) is 30.2 Å². The standard InChI is InChI=1S/C14H18N4O2/c1-18(11-4-6-20-7-5-11)14(19)13-3-2-12(17-13)10-8-15-16-9-10/h2-3,8-9,11,17H,4-7H2,1H3,(H,15,16). The molecule has 2 aromatic heterocycles. The van der Waals surface area contributed by atoms with Gasteiger partial charge in [-0.1, -0.05) is 0 Å². The second kappa shape index (κ2) is 5.50. The monoisotopic (exact) mass is 274 g/mol. The van der Waals surface area contributed by atoms with Crippen LogP contribution in [0.4, 0.5) is 0 Å². The second-order valence-corrected chi connectivity index (χ2v) is 5.03. The number of hydrogen-bond acceptors (Lipinski definition) is 3. The molecule has 1 amide bonds. The average molecular weight is 274 g/mol. The molecule has 3 heterocycles. The summed E-state index contributed by atoms with van der Waals surface area (Å²) < 4.78 is 5.33. The first-order valence-electron chi connectivity index (χ1n) is 6.79. The Kier molecular flexibility index (Phi) is 3.56. The normalized spacial score (nSPS) is 16.2. The van der Waals surface area contributed by atoms with Gasteiger partial charge < -0.3 is 14.6 Å². The number of hydrogen-bond donors (Lipinski definition) is 2. The van der Waals surface area contributed by atoms with Crippen LogP contribution >= 0.6 is 0 Å². The first kappa shape index (κ1) is 12.9. The summed E-state index contributed by atoms with van der Waals surface area (Å²) in [5.74, 6) is 0.0200. The van der Waals surface area contributed by atoms with Crippen LogP contribution in [-0.4, -0.2) is 52.3 Å². The van der Waals surface area contributed by atoms with Gasteiger partial charge in [-0.15, -0.1) is 0 Å². The number of carbonyl (C=O) groups is 1. The van der Waals surface area contributed by atoms with Crippen LogP contribution in [0.1, 0.15) is 23.3 Å². The summed E-state index contributed by atoms with van der Waals surface area (Å²) in [6.07, 6.45) is 5.32. The van der Waals surface area contributed by atoms with Gasteiger partial charge in [-0.2, -0.15) is 5.10 Å². The predicted molar refractivity (Wildman–Crippen MR) is 74.3 cm³/mol. The molecule has 20 heavy (non-hydrogen) atoms. The van der Waals surface area contributed by atoms with Crippen LogP contribution in [0.3, 0.4) is 0 Å².